The molecule has 8 heteroatoms. The lowest BCUT2D eigenvalue weighted by Crippen LogP contribution is -2.14. The van der Waals surface area contributed by atoms with Gasteiger partial charge in [0.05, 0.1) is 10.7 Å². The van der Waals surface area contributed by atoms with E-state index >= 15 is 0 Å². The molecule has 0 bridgehead atoms. The molecule has 0 saturated carbocycles. The number of amides is 1. The molecular formula is C14H10F2N2O3S. The number of anilines is 1. The second kappa shape index (κ2) is 6.99. The van der Waals surface area contributed by atoms with Crippen molar-refractivity contribution >= 4 is 29.0 Å². The summed E-state index contributed by atoms with van der Waals surface area (Å²) in [7, 11) is 0. The first-order valence-corrected chi connectivity index (χ1v) is 7.07. The first-order chi connectivity index (χ1) is 10.5. The number of halogens is 2. The van der Waals surface area contributed by atoms with E-state index in [1.165, 1.54) is 24.3 Å². The Morgan fingerprint density at radius 3 is 2.59 bits per heavy atom. The Kier molecular flexibility index (Phi) is 5.05. The fourth-order valence-electron chi connectivity index (χ4n) is 1.63. The van der Waals surface area contributed by atoms with Crippen molar-refractivity contribution < 1.29 is 18.5 Å². The van der Waals surface area contributed by atoms with Crippen molar-refractivity contribution in [2.45, 2.75) is 4.90 Å². The van der Waals surface area contributed by atoms with Crippen LogP contribution in [0.15, 0.2) is 47.4 Å². The highest BCUT2D eigenvalue weighted by Crippen LogP contribution is 2.23. The molecule has 1 amide bonds. The zero-order chi connectivity index (χ0) is 16.1. The number of hydrogen-bond donors (Lipinski definition) is 1. The molecule has 0 spiro atoms. The highest BCUT2D eigenvalue weighted by molar-refractivity contribution is 8.00. The third-order valence-corrected chi connectivity index (χ3v) is 3.67. The summed E-state index contributed by atoms with van der Waals surface area (Å²) in [6.45, 7) is 0. The Morgan fingerprint density at radius 2 is 1.91 bits per heavy atom. The smallest absolute Gasteiger partial charge is 0.306 e. The third-order valence-electron chi connectivity index (χ3n) is 2.62. The molecule has 0 aliphatic carbocycles. The SMILES string of the molecule is O=C(CSc1ccccc1F)Nc1ccc(F)c([N+](=O)[O-])c1. The number of nitrogens with zero attached hydrogens (tertiary/aromatic N) is 1. The van der Waals surface area contributed by atoms with E-state index in [4.69, 9.17) is 0 Å². The molecule has 0 fully saturated rings. The van der Waals surface area contributed by atoms with Crippen LogP contribution in [0.5, 0.6) is 0 Å². The summed E-state index contributed by atoms with van der Waals surface area (Å²) in [6, 6.07) is 9.05. The predicted molar refractivity (Wildman–Crippen MR) is 78.8 cm³/mol. The van der Waals surface area contributed by atoms with Crippen molar-refractivity contribution in [3.63, 3.8) is 0 Å². The van der Waals surface area contributed by atoms with Gasteiger partial charge in [0.15, 0.2) is 0 Å². The highest BCUT2D eigenvalue weighted by Gasteiger charge is 2.15. The number of nitro groups is 1. The van der Waals surface area contributed by atoms with Crippen molar-refractivity contribution in [1.82, 2.24) is 0 Å². The second-order valence-electron chi connectivity index (χ2n) is 4.19. The quantitative estimate of drug-likeness (QED) is 0.518. The average Bonchev–Trinajstić information content (AvgIpc) is 2.48. The van der Waals surface area contributed by atoms with E-state index in [0.29, 0.717) is 4.90 Å². The number of carbonyl (C=O) groups is 1. The van der Waals surface area contributed by atoms with Gasteiger partial charge in [-0.05, 0) is 24.3 Å². The Balaban J connectivity index is 1.99. The van der Waals surface area contributed by atoms with Crippen molar-refractivity contribution in [2.24, 2.45) is 0 Å². The summed E-state index contributed by atoms with van der Waals surface area (Å²) in [6.07, 6.45) is 0. The summed E-state index contributed by atoms with van der Waals surface area (Å²) in [5.41, 5.74) is -0.619. The molecule has 2 rings (SSSR count). The molecule has 0 radical (unpaired) electrons. The summed E-state index contributed by atoms with van der Waals surface area (Å²) < 4.78 is 26.6. The van der Waals surface area contributed by atoms with Crippen LogP contribution in [0.2, 0.25) is 0 Å². The van der Waals surface area contributed by atoms with Crippen LogP contribution in [-0.4, -0.2) is 16.6 Å². The van der Waals surface area contributed by atoms with Gasteiger partial charge >= 0.3 is 5.69 Å². The minimum atomic E-state index is -0.983. The van der Waals surface area contributed by atoms with Crippen LogP contribution in [0.4, 0.5) is 20.2 Å². The highest BCUT2D eigenvalue weighted by atomic mass is 32.2. The molecule has 0 unspecified atom stereocenters. The largest absolute Gasteiger partial charge is 0.325 e. The molecule has 2 aromatic rings. The monoisotopic (exact) mass is 324 g/mol. The maximum atomic E-state index is 13.4. The number of nitrogens with one attached hydrogen (secondary N) is 1. The van der Waals surface area contributed by atoms with Crippen molar-refractivity contribution in [3.05, 3.63) is 64.2 Å². The first kappa shape index (κ1) is 15.9. The molecule has 0 aliphatic rings. The summed E-state index contributed by atoms with van der Waals surface area (Å²) in [5.74, 6) is -1.97. The zero-order valence-electron chi connectivity index (χ0n) is 11.1. The third kappa shape index (κ3) is 4.01. The number of benzene rings is 2. The van der Waals surface area contributed by atoms with E-state index in [0.717, 1.165) is 23.9 Å². The lowest BCUT2D eigenvalue weighted by molar-refractivity contribution is -0.387. The van der Waals surface area contributed by atoms with Gasteiger partial charge in [0, 0.05) is 16.6 Å². The van der Waals surface area contributed by atoms with Crippen LogP contribution in [0.3, 0.4) is 0 Å². The topological polar surface area (TPSA) is 72.2 Å². The summed E-state index contributed by atoms with van der Waals surface area (Å²) in [5, 5.41) is 13.0. The van der Waals surface area contributed by atoms with Gasteiger partial charge in [0.25, 0.3) is 0 Å². The molecule has 1 N–H and O–H groups in total. The van der Waals surface area contributed by atoms with Gasteiger partial charge in [-0.2, -0.15) is 4.39 Å². The Labute approximate surface area is 128 Å². The van der Waals surface area contributed by atoms with Gasteiger partial charge in [-0.3, -0.25) is 14.9 Å². The number of thioether (sulfide) groups is 1. The number of nitro benzene ring substituents is 1. The molecule has 0 atom stereocenters. The van der Waals surface area contributed by atoms with Gasteiger partial charge in [-0.1, -0.05) is 12.1 Å². The van der Waals surface area contributed by atoms with Crippen LogP contribution in [0, 0.1) is 21.7 Å². The minimum absolute atomic E-state index is 0.0773. The second-order valence-corrected chi connectivity index (χ2v) is 5.21. The molecule has 114 valence electrons. The van der Waals surface area contributed by atoms with E-state index < -0.39 is 28.2 Å². The van der Waals surface area contributed by atoms with Crippen LogP contribution in [0.1, 0.15) is 0 Å². The van der Waals surface area contributed by atoms with Gasteiger partial charge in [0.2, 0.25) is 11.7 Å². The van der Waals surface area contributed by atoms with Crippen molar-refractivity contribution in [1.29, 1.82) is 0 Å². The predicted octanol–water partition coefficient (Wildman–Crippen LogP) is 3.60. The van der Waals surface area contributed by atoms with Gasteiger partial charge < -0.3 is 5.32 Å². The van der Waals surface area contributed by atoms with Crippen LogP contribution in [-0.2, 0) is 4.79 Å². The maximum absolute atomic E-state index is 13.4. The first-order valence-electron chi connectivity index (χ1n) is 6.08. The normalized spacial score (nSPS) is 10.3. The fraction of sp³-hybridized carbons (Fsp3) is 0.0714. The Morgan fingerprint density at radius 1 is 1.18 bits per heavy atom. The lowest BCUT2D eigenvalue weighted by atomic mass is 10.2. The standard InChI is InChI=1S/C14H10F2N2O3S/c15-10-6-5-9(7-12(10)18(20)21)17-14(19)8-22-13-4-2-1-3-11(13)16/h1-7H,8H2,(H,17,19). The van der Waals surface area contributed by atoms with Crippen LogP contribution < -0.4 is 5.32 Å². The van der Waals surface area contributed by atoms with Crippen LogP contribution in [0.25, 0.3) is 0 Å². The Bertz CT molecular complexity index is 725. The van der Waals surface area contributed by atoms with E-state index in [1.54, 1.807) is 6.07 Å². The van der Waals surface area contributed by atoms with Crippen molar-refractivity contribution in [2.75, 3.05) is 11.1 Å². The molecule has 0 heterocycles. The number of hydrogen-bond acceptors (Lipinski definition) is 4. The lowest BCUT2D eigenvalue weighted by Gasteiger charge is -2.06. The number of rotatable bonds is 5. The minimum Gasteiger partial charge on any atom is -0.325 e. The molecule has 0 aromatic heterocycles. The molecule has 2 aromatic carbocycles. The molecule has 5 nitrogen and oxygen atoms in total. The fourth-order valence-corrected chi connectivity index (χ4v) is 2.37. The Hall–Kier alpha value is -2.48. The zero-order valence-corrected chi connectivity index (χ0v) is 11.9. The van der Waals surface area contributed by atoms with Crippen LogP contribution >= 0.6 is 11.8 Å². The summed E-state index contributed by atoms with van der Waals surface area (Å²) in [4.78, 5) is 21.8. The maximum Gasteiger partial charge on any atom is 0.306 e. The van der Waals surface area contributed by atoms with E-state index in [2.05, 4.69) is 5.32 Å². The molecular weight excluding hydrogens is 314 g/mol. The van der Waals surface area contributed by atoms with Gasteiger partial charge in [0.1, 0.15) is 5.82 Å². The van der Waals surface area contributed by atoms with E-state index in [-0.39, 0.29) is 11.4 Å². The van der Waals surface area contributed by atoms with Gasteiger partial charge in [-0.25, -0.2) is 4.39 Å². The van der Waals surface area contributed by atoms with E-state index in [9.17, 15) is 23.7 Å². The summed E-state index contributed by atoms with van der Waals surface area (Å²) >= 11 is 0.993. The van der Waals surface area contributed by atoms with Gasteiger partial charge in [-0.15, -0.1) is 11.8 Å². The van der Waals surface area contributed by atoms with E-state index in [1.807, 2.05) is 0 Å². The average molecular weight is 324 g/mol. The number of carbonyl (C=O) groups excluding carboxylic acids is 1. The molecule has 0 saturated heterocycles. The molecule has 0 aliphatic heterocycles. The molecule has 22 heavy (non-hydrogen) atoms. The van der Waals surface area contributed by atoms with Crippen molar-refractivity contribution in [3.8, 4) is 0 Å².